The second-order valence-electron chi connectivity index (χ2n) is 3.92. The van der Waals surface area contributed by atoms with Gasteiger partial charge in [0.2, 0.25) is 0 Å². The van der Waals surface area contributed by atoms with Crippen molar-refractivity contribution in [2.45, 2.75) is 12.5 Å². The quantitative estimate of drug-likeness (QED) is 0.595. The van der Waals surface area contributed by atoms with E-state index in [0.717, 1.165) is 0 Å². The Bertz CT molecular complexity index is 279. The van der Waals surface area contributed by atoms with Gasteiger partial charge in [-0.15, -0.1) is 0 Å². The van der Waals surface area contributed by atoms with Crippen molar-refractivity contribution in [1.82, 2.24) is 0 Å². The second-order valence-corrected chi connectivity index (χ2v) is 3.92. The predicted molar refractivity (Wildman–Crippen MR) is 46.0 cm³/mol. The third-order valence-electron chi connectivity index (χ3n) is 3.40. The molecule has 78 valence electrons. The molecule has 0 aromatic carbocycles. The Morgan fingerprint density at radius 3 is 1.79 bits per heavy atom. The van der Waals surface area contributed by atoms with Gasteiger partial charge in [-0.2, -0.15) is 0 Å². The first-order chi connectivity index (χ1) is 6.59. The topological polar surface area (TPSA) is 78.6 Å². The van der Waals surface area contributed by atoms with Crippen molar-refractivity contribution in [2.24, 2.45) is 23.0 Å². The number of carbonyl (C=O) groups excluding carboxylic acids is 2. The van der Waals surface area contributed by atoms with Gasteiger partial charge in [-0.05, 0) is 6.42 Å². The molecule has 14 heavy (non-hydrogen) atoms. The first-order valence-electron chi connectivity index (χ1n) is 4.50. The summed E-state index contributed by atoms with van der Waals surface area (Å²) in [5.74, 6) is -1.47. The van der Waals surface area contributed by atoms with Gasteiger partial charge >= 0.3 is 11.9 Å². The number of hydrogen-bond donors (Lipinski definition) is 1. The Morgan fingerprint density at radius 2 is 1.57 bits per heavy atom. The number of ether oxygens (including phenoxy) is 2. The lowest BCUT2D eigenvalue weighted by molar-refractivity contribution is -0.148. The maximum Gasteiger partial charge on any atom is 0.310 e. The maximum atomic E-state index is 11.3. The van der Waals surface area contributed by atoms with E-state index >= 15 is 0 Å². The predicted octanol–water partition coefficient (Wildman–Crippen LogP) is -0.704. The number of hydrogen-bond acceptors (Lipinski definition) is 5. The molecule has 5 heteroatoms. The monoisotopic (exact) mass is 199 g/mol. The van der Waals surface area contributed by atoms with Crippen molar-refractivity contribution in [1.29, 1.82) is 0 Å². The third kappa shape index (κ3) is 0.930. The molecule has 1 unspecified atom stereocenters. The lowest BCUT2D eigenvalue weighted by Crippen LogP contribution is -2.10. The van der Waals surface area contributed by atoms with Crippen LogP contribution in [-0.2, 0) is 19.1 Å². The van der Waals surface area contributed by atoms with Crippen LogP contribution in [0.1, 0.15) is 6.42 Å². The highest BCUT2D eigenvalue weighted by Gasteiger charge is 2.83. The molecule has 0 aromatic heterocycles. The van der Waals surface area contributed by atoms with Crippen LogP contribution < -0.4 is 5.73 Å². The Morgan fingerprint density at radius 1 is 1.21 bits per heavy atom. The van der Waals surface area contributed by atoms with Crippen molar-refractivity contribution in [3.8, 4) is 0 Å². The van der Waals surface area contributed by atoms with E-state index in [2.05, 4.69) is 9.47 Å². The zero-order chi connectivity index (χ0) is 10.5. The zero-order valence-electron chi connectivity index (χ0n) is 8.15. The molecule has 2 aliphatic carbocycles. The van der Waals surface area contributed by atoms with Crippen molar-refractivity contribution < 1.29 is 19.1 Å². The third-order valence-corrected chi connectivity index (χ3v) is 3.40. The summed E-state index contributed by atoms with van der Waals surface area (Å²) in [6.07, 6.45) is 0.715. The molecule has 2 rings (SSSR count). The molecular weight excluding hydrogens is 186 g/mol. The molecule has 5 nitrogen and oxygen atoms in total. The van der Waals surface area contributed by atoms with Gasteiger partial charge in [0.1, 0.15) is 0 Å². The summed E-state index contributed by atoms with van der Waals surface area (Å²) in [6.45, 7) is 0. The fourth-order valence-corrected chi connectivity index (χ4v) is 2.46. The van der Waals surface area contributed by atoms with Crippen LogP contribution in [0.5, 0.6) is 0 Å². The average Bonchev–Trinajstić information content (AvgIpc) is 3.03. The summed E-state index contributed by atoms with van der Waals surface area (Å²) in [6, 6.07) is -0.0595. The smallest absolute Gasteiger partial charge is 0.310 e. The summed E-state index contributed by atoms with van der Waals surface area (Å²) >= 11 is 0. The fourth-order valence-electron chi connectivity index (χ4n) is 2.46. The highest BCUT2D eigenvalue weighted by molar-refractivity contribution is 5.91. The summed E-state index contributed by atoms with van der Waals surface area (Å²) in [4.78, 5) is 22.6. The first kappa shape index (κ1) is 9.45. The summed E-state index contributed by atoms with van der Waals surface area (Å²) in [5.41, 5.74) is 5.38. The lowest BCUT2D eigenvalue weighted by atomic mass is 10.3. The molecule has 0 saturated heterocycles. The van der Waals surface area contributed by atoms with Crippen LogP contribution in [0.15, 0.2) is 0 Å². The van der Waals surface area contributed by atoms with Crippen LogP contribution in [0.2, 0.25) is 0 Å². The molecule has 3 atom stereocenters. The molecule has 0 heterocycles. The number of esters is 2. The van der Waals surface area contributed by atoms with E-state index in [1.807, 2.05) is 0 Å². The van der Waals surface area contributed by atoms with E-state index in [9.17, 15) is 9.59 Å². The lowest BCUT2D eigenvalue weighted by Gasteiger charge is -1.95. The highest BCUT2D eigenvalue weighted by Crippen LogP contribution is 2.74. The second kappa shape index (κ2) is 2.70. The summed E-state index contributed by atoms with van der Waals surface area (Å²) in [7, 11) is 2.63. The molecule has 0 aliphatic heterocycles. The summed E-state index contributed by atoms with van der Waals surface area (Å²) < 4.78 is 9.24. The van der Waals surface area contributed by atoms with Gasteiger partial charge in [0.25, 0.3) is 0 Å². The van der Waals surface area contributed by atoms with Gasteiger partial charge in [0.15, 0.2) is 0 Å². The van der Waals surface area contributed by atoms with Crippen LogP contribution in [0.25, 0.3) is 0 Å². The van der Waals surface area contributed by atoms with Crippen molar-refractivity contribution in [3.63, 3.8) is 0 Å². The minimum absolute atomic E-state index is 0.0595. The standard InChI is InChI=1S/C9H13NO4/c1-13-7(11)5-6(8(12)14-2)9(5)3-4(9)10/h4-6H,3,10H2,1-2H3/t4?,5-,6-/m0/s1. The number of carbonyl (C=O) groups is 2. The number of methoxy groups -OCH3 is 2. The van der Waals surface area contributed by atoms with E-state index in [4.69, 9.17) is 5.73 Å². The molecule has 0 bridgehead atoms. The van der Waals surface area contributed by atoms with E-state index in [-0.39, 0.29) is 35.2 Å². The highest BCUT2D eigenvalue weighted by atomic mass is 16.5. The van der Waals surface area contributed by atoms with E-state index in [1.54, 1.807) is 0 Å². The van der Waals surface area contributed by atoms with Crippen LogP contribution in [0.3, 0.4) is 0 Å². The van der Waals surface area contributed by atoms with E-state index < -0.39 is 0 Å². The molecule has 1 spiro atoms. The van der Waals surface area contributed by atoms with Gasteiger partial charge < -0.3 is 15.2 Å². The Balaban J connectivity index is 2.13. The van der Waals surface area contributed by atoms with Crippen LogP contribution in [0.4, 0.5) is 0 Å². The SMILES string of the molecule is COC(=O)[C@@H]1[C@@H](C(=O)OC)C12CC2N. The van der Waals surface area contributed by atoms with Gasteiger partial charge in [0.05, 0.1) is 26.1 Å². The fraction of sp³-hybridized carbons (Fsp3) is 0.778. The number of nitrogens with two attached hydrogens (primary N) is 1. The summed E-state index contributed by atoms with van der Waals surface area (Å²) in [5, 5.41) is 0. The normalized spacial score (nSPS) is 43.2. The van der Waals surface area contributed by atoms with E-state index in [0.29, 0.717) is 6.42 Å². The molecule has 0 amide bonds. The molecule has 2 N–H and O–H groups in total. The molecule has 2 fully saturated rings. The largest absolute Gasteiger partial charge is 0.469 e. The van der Waals surface area contributed by atoms with Gasteiger partial charge in [0, 0.05) is 11.5 Å². The van der Waals surface area contributed by atoms with Gasteiger partial charge in [-0.25, -0.2) is 0 Å². The van der Waals surface area contributed by atoms with Crippen molar-refractivity contribution in [2.75, 3.05) is 14.2 Å². The molecule has 2 saturated carbocycles. The Labute approximate surface area is 81.5 Å². The van der Waals surface area contributed by atoms with Gasteiger partial charge in [-0.3, -0.25) is 9.59 Å². The average molecular weight is 199 g/mol. The van der Waals surface area contributed by atoms with Crippen LogP contribution >= 0.6 is 0 Å². The maximum absolute atomic E-state index is 11.3. The van der Waals surface area contributed by atoms with Crippen molar-refractivity contribution >= 4 is 11.9 Å². The Hall–Kier alpha value is -1.10. The molecule has 0 radical (unpaired) electrons. The Kier molecular flexibility index (Phi) is 1.82. The molecule has 2 aliphatic rings. The number of rotatable bonds is 2. The molecule has 0 aromatic rings. The first-order valence-corrected chi connectivity index (χ1v) is 4.50. The molecular formula is C9H13NO4. The zero-order valence-corrected chi connectivity index (χ0v) is 8.15. The van der Waals surface area contributed by atoms with Crippen LogP contribution in [-0.4, -0.2) is 32.2 Å². The van der Waals surface area contributed by atoms with Crippen LogP contribution in [0, 0.1) is 17.3 Å². The van der Waals surface area contributed by atoms with Crippen molar-refractivity contribution in [3.05, 3.63) is 0 Å². The van der Waals surface area contributed by atoms with Gasteiger partial charge in [-0.1, -0.05) is 0 Å². The minimum atomic E-state index is -0.380. The minimum Gasteiger partial charge on any atom is -0.469 e. The van der Waals surface area contributed by atoms with E-state index in [1.165, 1.54) is 14.2 Å².